The van der Waals surface area contributed by atoms with Crippen molar-refractivity contribution in [3.63, 3.8) is 0 Å². The zero-order valence-corrected chi connectivity index (χ0v) is 10.3. The number of benzene rings is 1. The summed E-state index contributed by atoms with van der Waals surface area (Å²) >= 11 is 0. The van der Waals surface area contributed by atoms with Crippen LogP contribution in [0.2, 0.25) is 0 Å². The van der Waals surface area contributed by atoms with Crippen LogP contribution in [-0.2, 0) is 11.3 Å². The molecule has 1 aromatic rings. The molecule has 1 aromatic carbocycles. The van der Waals surface area contributed by atoms with Gasteiger partial charge in [-0.3, -0.25) is 4.90 Å². The van der Waals surface area contributed by atoms with Crippen molar-refractivity contribution in [2.45, 2.75) is 20.4 Å². The fourth-order valence-electron chi connectivity index (χ4n) is 1.71. The van der Waals surface area contributed by atoms with E-state index >= 15 is 0 Å². The highest BCUT2D eigenvalue weighted by Crippen LogP contribution is 2.10. The summed E-state index contributed by atoms with van der Waals surface area (Å²) in [7, 11) is 0. The van der Waals surface area contributed by atoms with E-state index in [1.165, 1.54) is 5.56 Å². The number of morpholine rings is 1. The zero-order valence-electron chi connectivity index (χ0n) is 10.3. The summed E-state index contributed by atoms with van der Waals surface area (Å²) in [6.07, 6.45) is 0. The monoisotopic (exact) mass is 222 g/mol. The number of hydrogen-bond acceptors (Lipinski definition) is 3. The van der Waals surface area contributed by atoms with Crippen LogP contribution in [0.4, 0.5) is 5.69 Å². The predicted octanol–water partition coefficient (Wildman–Crippen LogP) is 2.13. The van der Waals surface area contributed by atoms with E-state index in [-0.39, 0.29) is 0 Å². The molecule has 0 spiro atoms. The van der Waals surface area contributed by atoms with E-state index in [0.717, 1.165) is 38.5 Å². The highest BCUT2D eigenvalue weighted by Gasteiger charge is 2.10. The summed E-state index contributed by atoms with van der Waals surface area (Å²) in [6.45, 7) is 8.72. The van der Waals surface area contributed by atoms with Crippen LogP contribution in [0.25, 0.3) is 0 Å². The maximum atomic E-state index is 5.72. The zero-order chi connectivity index (χ0) is 11.8. The minimum atomic E-state index is 0.843. The van der Waals surface area contributed by atoms with Gasteiger partial charge in [-0.25, -0.2) is 0 Å². The standard InChI is InChI=1S/C11H16N2O.C2H6/c12-11-3-1-2-10(8-11)9-13-4-6-14-7-5-13;1-2/h1-3,8H,4-7,9,12H2;1-2H3. The lowest BCUT2D eigenvalue weighted by molar-refractivity contribution is 0.0342. The molecular weight excluding hydrogens is 200 g/mol. The van der Waals surface area contributed by atoms with Crippen molar-refractivity contribution >= 4 is 5.69 Å². The molecule has 2 rings (SSSR count). The lowest BCUT2D eigenvalue weighted by Crippen LogP contribution is -2.35. The number of nitrogens with zero attached hydrogens (tertiary/aromatic N) is 1. The van der Waals surface area contributed by atoms with Gasteiger partial charge in [-0.05, 0) is 17.7 Å². The Balaban J connectivity index is 0.000000606. The molecule has 0 bridgehead atoms. The molecule has 1 fully saturated rings. The van der Waals surface area contributed by atoms with Gasteiger partial charge in [0.1, 0.15) is 0 Å². The lowest BCUT2D eigenvalue weighted by atomic mass is 10.2. The first-order valence-corrected chi connectivity index (χ1v) is 5.99. The molecular formula is C13H22N2O. The Labute approximate surface area is 98.2 Å². The quantitative estimate of drug-likeness (QED) is 0.779. The minimum Gasteiger partial charge on any atom is -0.399 e. The van der Waals surface area contributed by atoms with Crippen LogP contribution < -0.4 is 5.73 Å². The molecule has 0 radical (unpaired) electrons. The van der Waals surface area contributed by atoms with Gasteiger partial charge in [0.05, 0.1) is 13.2 Å². The Hall–Kier alpha value is -1.06. The fourth-order valence-corrected chi connectivity index (χ4v) is 1.71. The first-order valence-electron chi connectivity index (χ1n) is 5.99. The van der Waals surface area contributed by atoms with Crippen LogP contribution >= 0.6 is 0 Å². The SMILES string of the molecule is CC.Nc1cccc(CN2CCOCC2)c1. The minimum absolute atomic E-state index is 0.843. The Morgan fingerprint density at radius 3 is 2.56 bits per heavy atom. The smallest absolute Gasteiger partial charge is 0.0594 e. The third-order valence-corrected chi connectivity index (χ3v) is 2.46. The normalized spacial score (nSPS) is 16.4. The van der Waals surface area contributed by atoms with Crippen molar-refractivity contribution in [3.05, 3.63) is 29.8 Å². The van der Waals surface area contributed by atoms with Gasteiger partial charge in [-0.1, -0.05) is 26.0 Å². The number of rotatable bonds is 2. The van der Waals surface area contributed by atoms with Gasteiger partial charge in [-0.2, -0.15) is 0 Å². The van der Waals surface area contributed by atoms with E-state index in [1.807, 2.05) is 32.0 Å². The molecule has 1 aliphatic rings. The summed E-state index contributed by atoms with van der Waals surface area (Å²) in [5, 5.41) is 0. The molecule has 1 saturated heterocycles. The number of ether oxygens (including phenoxy) is 1. The van der Waals surface area contributed by atoms with Gasteiger partial charge in [0, 0.05) is 25.3 Å². The van der Waals surface area contributed by atoms with Crippen LogP contribution in [0.5, 0.6) is 0 Å². The molecule has 0 saturated carbocycles. The van der Waals surface area contributed by atoms with Gasteiger partial charge in [-0.15, -0.1) is 0 Å². The van der Waals surface area contributed by atoms with E-state index in [0.29, 0.717) is 0 Å². The molecule has 3 heteroatoms. The van der Waals surface area contributed by atoms with Gasteiger partial charge < -0.3 is 10.5 Å². The van der Waals surface area contributed by atoms with E-state index < -0.39 is 0 Å². The first-order chi connectivity index (χ1) is 7.84. The van der Waals surface area contributed by atoms with Gasteiger partial charge in [0.2, 0.25) is 0 Å². The largest absolute Gasteiger partial charge is 0.399 e. The molecule has 1 heterocycles. The third-order valence-electron chi connectivity index (χ3n) is 2.46. The van der Waals surface area contributed by atoms with E-state index in [9.17, 15) is 0 Å². The van der Waals surface area contributed by atoms with Gasteiger partial charge in [0.25, 0.3) is 0 Å². The summed E-state index contributed by atoms with van der Waals surface area (Å²) in [5.41, 5.74) is 7.85. The molecule has 16 heavy (non-hydrogen) atoms. The molecule has 1 aliphatic heterocycles. The van der Waals surface area contributed by atoms with Crippen LogP contribution in [-0.4, -0.2) is 31.2 Å². The van der Waals surface area contributed by atoms with Crippen molar-refractivity contribution in [2.75, 3.05) is 32.0 Å². The molecule has 0 atom stereocenters. The Morgan fingerprint density at radius 1 is 1.25 bits per heavy atom. The van der Waals surface area contributed by atoms with Crippen LogP contribution in [0.1, 0.15) is 19.4 Å². The maximum absolute atomic E-state index is 5.72. The Morgan fingerprint density at radius 2 is 1.94 bits per heavy atom. The molecule has 0 unspecified atom stereocenters. The van der Waals surface area contributed by atoms with Crippen LogP contribution in [0, 0.1) is 0 Å². The Bertz CT molecular complexity index is 296. The van der Waals surface area contributed by atoms with Gasteiger partial charge >= 0.3 is 0 Å². The molecule has 0 aliphatic carbocycles. The van der Waals surface area contributed by atoms with E-state index in [4.69, 9.17) is 10.5 Å². The summed E-state index contributed by atoms with van der Waals surface area (Å²) in [6, 6.07) is 8.08. The highest BCUT2D eigenvalue weighted by atomic mass is 16.5. The van der Waals surface area contributed by atoms with Crippen molar-refractivity contribution < 1.29 is 4.74 Å². The predicted molar refractivity (Wildman–Crippen MR) is 68.3 cm³/mol. The molecule has 0 amide bonds. The summed E-state index contributed by atoms with van der Waals surface area (Å²) in [4.78, 5) is 2.39. The van der Waals surface area contributed by atoms with Crippen LogP contribution in [0.15, 0.2) is 24.3 Å². The maximum Gasteiger partial charge on any atom is 0.0594 e. The second-order valence-corrected chi connectivity index (χ2v) is 3.63. The van der Waals surface area contributed by atoms with Crippen LogP contribution in [0.3, 0.4) is 0 Å². The molecule has 3 nitrogen and oxygen atoms in total. The second-order valence-electron chi connectivity index (χ2n) is 3.63. The molecule has 90 valence electrons. The number of hydrogen-bond donors (Lipinski definition) is 1. The summed E-state index contributed by atoms with van der Waals surface area (Å²) in [5.74, 6) is 0. The number of anilines is 1. The molecule has 2 N–H and O–H groups in total. The number of nitrogen functional groups attached to an aromatic ring is 1. The van der Waals surface area contributed by atoms with E-state index in [2.05, 4.69) is 11.0 Å². The average Bonchev–Trinajstić information content (AvgIpc) is 2.33. The Kier molecular flexibility index (Phi) is 5.90. The summed E-state index contributed by atoms with van der Waals surface area (Å²) < 4.78 is 5.29. The second kappa shape index (κ2) is 7.25. The van der Waals surface area contributed by atoms with Crippen molar-refractivity contribution in [1.82, 2.24) is 4.90 Å². The lowest BCUT2D eigenvalue weighted by Gasteiger charge is -2.26. The molecule has 0 aromatic heterocycles. The number of nitrogens with two attached hydrogens (primary N) is 1. The third kappa shape index (κ3) is 4.21. The van der Waals surface area contributed by atoms with E-state index in [1.54, 1.807) is 0 Å². The highest BCUT2D eigenvalue weighted by molar-refractivity contribution is 5.40. The van der Waals surface area contributed by atoms with Gasteiger partial charge in [0.15, 0.2) is 0 Å². The van der Waals surface area contributed by atoms with Crippen molar-refractivity contribution in [3.8, 4) is 0 Å². The average molecular weight is 222 g/mol. The topological polar surface area (TPSA) is 38.5 Å². The van der Waals surface area contributed by atoms with Crippen molar-refractivity contribution in [2.24, 2.45) is 0 Å². The van der Waals surface area contributed by atoms with Crippen molar-refractivity contribution in [1.29, 1.82) is 0 Å². The fraction of sp³-hybridized carbons (Fsp3) is 0.538. The first kappa shape index (κ1) is 13.0.